The third-order valence-corrected chi connectivity index (χ3v) is 7.37. The summed E-state index contributed by atoms with van der Waals surface area (Å²) in [7, 11) is 1.44. The summed E-state index contributed by atoms with van der Waals surface area (Å²) in [6.07, 6.45) is 0.180. The number of nitrogens with two attached hydrogens (primary N) is 1. The summed E-state index contributed by atoms with van der Waals surface area (Å²) >= 11 is 0. The van der Waals surface area contributed by atoms with Crippen LogP contribution in [0.15, 0.2) is 48.5 Å². The van der Waals surface area contributed by atoms with Crippen molar-refractivity contribution in [3.63, 3.8) is 0 Å². The second-order valence-electron chi connectivity index (χ2n) is 9.58. The van der Waals surface area contributed by atoms with E-state index in [4.69, 9.17) is 20.6 Å². The van der Waals surface area contributed by atoms with Crippen molar-refractivity contribution in [1.29, 1.82) is 5.41 Å². The van der Waals surface area contributed by atoms with E-state index in [9.17, 15) is 19.4 Å². The SMILES string of the molecule is COC1COCCC1(O)c1c(-c2ccc(C(=O)O)cc2)c2c(F)c(N)c(C=N)cc2n1-c1ccc(F)c(C)c1. The van der Waals surface area contributed by atoms with E-state index in [-0.39, 0.29) is 58.6 Å². The molecule has 202 valence electrons. The molecule has 2 unspecified atom stereocenters. The van der Waals surface area contributed by atoms with Gasteiger partial charge in [0.2, 0.25) is 0 Å². The molecule has 0 aliphatic carbocycles. The molecule has 2 atom stereocenters. The van der Waals surface area contributed by atoms with E-state index in [0.29, 0.717) is 16.8 Å². The first-order valence-electron chi connectivity index (χ1n) is 12.2. The van der Waals surface area contributed by atoms with Gasteiger partial charge >= 0.3 is 5.97 Å². The van der Waals surface area contributed by atoms with Crippen LogP contribution in [0.2, 0.25) is 0 Å². The van der Waals surface area contributed by atoms with Crippen LogP contribution < -0.4 is 5.73 Å². The summed E-state index contributed by atoms with van der Waals surface area (Å²) in [4.78, 5) is 11.5. The van der Waals surface area contributed by atoms with Crippen LogP contribution in [0.1, 0.15) is 33.6 Å². The summed E-state index contributed by atoms with van der Waals surface area (Å²) < 4.78 is 43.4. The molecule has 0 bridgehead atoms. The van der Waals surface area contributed by atoms with E-state index in [2.05, 4.69) is 0 Å². The predicted octanol–water partition coefficient (Wildman–Crippen LogP) is 4.79. The molecule has 1 aromatic heterocycles. The van der Waals surface area contributed by atoms with Gasteiger partial charge in [-0.1, -0.05) is 12.1 Å². The van der Waals surface area contributed by atoms with Gasteiger partial charge in [0.15, 0.2) is 5.82 Å². The number of nitrogen functional groups attached to an aromatic ring is 1. The number of nitrogens with zero attached hydrogens (tertiary/aromatic N) is 1. The maximum absolute atomic E-state index is 16.2. The summed E-state index contributed by atoms with van der Waals surface area (Å²) in [5, 5.41) is 29.6. The highest BCUT2D eigenvalue weighted by atomic mass is 19.1. The fourth-order valence-corrected chi connectivity index (χ4v) is 5.31. The molecule has 5 rings (SSSR count). The molecule has 1 aliphatic rings. The monoisotopic (exact) mass is 535 g/mol. The molecule has 5 N–H and O–H groups in total. The number of methoxy groups -OCH3 is 1. The number of hydrogen-bond acceptors (Lipinski definition) is 6. The Labute approximate surface area is 222 Å². The average Bonchev–Trinajstić information content (AvgIpc) is 3.28. The maximum atomic E-state index is 16.2. The van der Waals surface area contributed by atoms with Crippen molar-refractivity contribution in [2.24, 2.45) is 0 Å². The van der Waals surface area contributed by atoms with Crippen LogP contribution >= 0.6 is 0 Å². The lowest BCUT2D eigenvalue weighted by molar-refractivity contribution is -0.172. The van der Waals surface area contributed by atoms with E-state index < -0.39 is 29.3 Å². The van der Waals surface area contributed by atoms with Gasteiger partial charge in [-0.25, -0.2) is 13.6 Å². The Balaban J connectivity index is 2.01. The van der Waals surface area contributed by atoms with Gasteiger partial charge in [0.05, 0.1) is 29.1 Å². The molecule has 0 spiro atoms. The number of anilines is 1. The first-order valence-corrected chi connectivity index (χ1v) is 12.2. The fourth-order valence-electron chi connectivity index (χ4n) is 5.31. The van der Waals surface area contributed by atoms with Crippen molar-refractivity contribution in [2.45, 2.75) is 25.0 Å². The van der Waals surface area contributed by atoms with Gasteiger partial charge in [-0.05, 0) is 54.4 Å². The number of aromatic nitrogens is 1. The fraction of sp³-hybridized carbons (Fsp3) is 0.241. The van der Waals surface area contributed by atoms with Crippen LogP contribution in [-0.4, -0.2) is 53.4 Å². The molecule has 10 heteroatoms. The molecule has 0 amide bonds. The number of ether oxygens (including phenoxy) is 2. The van der Waals surface area contributed by atoms with Gasteiger partial charge in [-0.2, -0.15) is 0 Å². The summed E-state index contributed by atoms with van der Waals surface area (Å²) in [6, 6.07) is 11.8. The molecule has 3 aromatic carbocycles. The van der Waals surface area contributed by atoms with Gasteiger partial charge in [0.1, 0.15) is 17.5 Å². The molecule has 1 saturated heterocycles. The average molecular weight is 536 g/mol. The second-order valence-corrected chi connectivity index (χ2v) is 9.58. The van der Waals surface area contributed by atoms with E-state index in [0.717, 1.165) is 6.21 Å². The predicted molar refractivity (Wildman–Crippen MR) is 143 cm³/mol. The molecule has 4 aromatic rings. The number of aromatic carboxylic acids is 1. The van der Waals surface area contributed by atoms with Gasteiger partial charge in [-0.15, -0.1) is 0 Å². The van der Waals surface area contributed by atoms with Crippen LogP contribution in [0.3, 0.4) is 0 Å². The van der Waals surface area contributed by atoms with Crippen LogP contribution in [0.25, 0.3) is 27.7 Å². The molecule has 1 fully saturated rings. The maximum Gasteiger partial charge on any atom is 0.335 e. The first-order chi connectivity index (χ1) is 18.6. The van der Waals surface area contributed by atoms with Crippen molar-refractivity contribution in [2.75, 3.05) is 26.1 Å². The van der Waals surface area contributed by atoms with Gasteiger partial charge < -0.3 is 35.4 Å². The van der Waals surface area contributed by atoms with Crippen LogP contribution in [0.5, 0.6) is 0 Å². The number of rotatable bonds is 6. The van der Waals surface area contributed by atoms with E-state index in [1.807, 2.05) is 0 Å². The quantitative estimate of drug-likeness (QED) is 0.208. The van der Waals surface area contributed by atoms with Gasteiger partial charge in [0.25, 0.3) is 0 Å². The van der Waals surface area contributed by atoms with Crippen molar-refractivity contribution in [3.8, 4) is 16.8 Å². The Kier molecular flexibility index (Phi) is 6.71. The zero-order valence-electron chi connectivity index (χ0n) is 21.3. The molecular formula is C29H27F2N3O5. The Morgan fingerprint density at radius 1 is 1.23 bits per heavy atom. The number of halogens is 2. The zero-order chi connectivity index (χ0) is 28.1. The summed E-state index contributed by atoms with van der Waals surface area (Å²) in [5.74, 6) is -2.36. The third-order valence-electron chi connectivity index (χ3n) is 7.37. The standard InChI is InChI=1S/C29H27F2N3O5/c1-15-11-19(7-8-20(15)30)34-21-12-18(13-32)26(33)25(31)24(21)23(16-3-5-17(6-4-16)28(35)36)27(34)29(37)9-10-39-14-22(29)38-2/h3-8,11-13,22,32,37H,9-10,14,33H2,1-2H3,(H,35,36). The third kappa shape index (κ3) is 4.17. The van der Waals surface area contributed by atoms with Crippen molar-refractivity contribution in [3.05, 3.63) is 82.5 Å². The number of nitrogens with one attached hydrogen (secondary N) is 1. The lowest BCUT2D eigenvalue weighted by atomic mass is 9.83. The number of hydrogen-bond donors (Lipinski definition) is 4. The lowest BCUT2D eigenvalue weighted by Gasteiger charge is -2.40. The number of carbonyl (C=O) groups is 1. The molecule has 2 heterocycles. The number of fused-ring (bicyclic) bond motifs is 1. The lowest BCUT2D eigenvalue weighted by Crippen LogP contribution is -2.49. The largest absolute Gasteiger partial charge is 0.478 e. The molecule has 8 nitrogen and oxygen atoms in total. The highest BCUT2D eigenvalue weighted by molar-refractivity contribution is 6.05. The first kappa shape index (κ1) is 26.5. The molecule has 0 saturated carbocycles. The Hall–Kier alpha value is -4.12. The topological polar surface area (TPSA) is 131 Å². The van der Waals surface area contributed by atoms with Gasteiger partial charge in [0, 0.05) is 48.6 Å². The second kappa shape index (κ2) is 9.88. The Morgan fingerprint density at radius 2 is 1.95 bits per heavy atom. The molecule has 0 radical (unpaired) electrons. The van der Waals surface area contributed by atoms with Crippen LogP contribution in [-0.2, 0) is 15.1 Å². The zero-order valence-corrected chi connectivity index (χ0v) is 21.3. The minimum atomic E-state index is -1.71. The molecule has 39 heavy (non-hydrogen) atoms. The van der Waals surface area contributed by atoms with Crippen LogP contribution in [0.4, 0.5) is 14.5 Å². The minimum Gasteiger partial charge on any atom is -0.478 e. The minimum absolute atomic E-state index is 0.0313. The van der Waals surface area contributed by atoms with Gasteiger partial charge in [-0.3, -0.25) is 0 Å². The number of benzene rings is 3. The van der Waals surface area contributed by atoms with E-state index >= 15 is 4.39 Å². The number of carboxylic acids is 1. The van der Waals surface area contributed by atoms with Crippen molar-refractivity contribution >= 4 is 28.8 Å². The highest BCUT2D eigenvalue weighted by Gasteiger charge is 2.47. The Morgan fingerprint density at radius 3 is 2.56 bits per heavy atom. The molecule has 1 aliphatic heterocycles. The number of aliphatic hydroxyl groups is 1. The summed E-state index contributed by atoms with van der Waals surface area (Å²) in [5.41, 5.74) is 6.32. The number of aryl methyl sites for hydroxylation is 1. The molecular weight excluding hydrogens is 508 g/mol. The smallest absolute Gasteiger partial charge is 0.335 e. The van der Waals surface area contributed by atoms with Crippen molar-refractivity contribution < 1.29 is 33.3 Å². The normalized spacial score (nSPS) is 19.4. The highest BCUT2D eigenvalue weighted by Crippen LogP contribution is 2.48. The van der Waals surface area contributed by atoms with E-state index in [1.54, 1.807) is 23.6 Å². The Bertz CT molecular complexity index is 1620. The van der Waals surface area contributed by atoms with Crippen LogP contribution in [0, 0.1) is 24.0 Å². The summed E-state index contributed by atoms with van der Waals surface area (Å²) in [6.45, 7) is 1.84. The van der Waals surface area contributed by atoms with E-state index in [1.165, 1.54) is 43.5 Å². The number of carboxylic acid groups (broad SMARTS) is 1. The van der Waals surface area contributed by atoms with Crippen molar-refractivity contribution in [1.82, 2.24) is 4.57 Å².